The van der Waals surface area contributed by atoms with Crippen molar-refractivity contribution in [1.82, 2.24) is 4.98 Å². The Morgan fingerprint density at radius 3 is 2.95 bits per heavy atom. The zero-order valence-corrected chi connectivity index (χ0v) is 10.8. The second-order valence-corrected chi connectivity index (χ2v) is 4.01. The van der Waals surface area contributed by atoms with E-state index in [0.29, 0.717) is 17.1 Å². The summed E-state index contributed by atoms with van der Waals surface area (Å²) >= 11 is 0. The van der Waals surface area contributed by atoms with Gasteiger partial charge in [0.2, 0.25) is 0 Å². The number of para-hydroxylation sites is 1. The van der Waals surface area contributed by atoms with Gasteiger partial charge in [-0.1, -0.05) is 19.1 Å². The highest BCUT2D eigenvalue weighted by Crippen LogP contribution is 2.25. The lowest BCUT2D eigenvalue weighted by Crippen LogP contribution is -2.01. The quantitative estimate of drug-likeness (QED) is 0.885. The SMILES string of the molecule is CCCNc1cc(Oc2ccccc2C#N)ccn1. The predicted molar refractivity (Wildman–Crippen MR) is 74.2 cm³/mol. The van der Waals surface area contributed by atoms with Crippen LogP contribution in [0.2, 0.25) is 0 Å². The molecule has 0 spiro atoms. The van der Waals surface area contributed by atoms with Crippen LogP contribution in [0.4, 0.5) is 5.82 Å². The third kappa shape index (κ3) is 3.46. The second kappa shape index (κ2) is 6.41. The summed E-state index contributed by atoms with van der Waals surface area (Å²) < 4.78 is 5.72. The van der Waals surface area contributed by atoms with Crippen molar-refractivity contribution in [2.75, 3.05) is 11.9 Å². The Hall–Kier alpha value is -2.54. The monoisotopic (exact) mass is 253 g/mol. The van der Waals surface area contributed by atoms with E-state index in [2.05, 4.69) is 23.3 Å². The zero-order valence-electron chi connectivity index (χ0n) is 10.8. The molecule has 0 atom stereocenters. The number of anilines is 1. The Balaban J connectivity index is 2.17. The fraction of sp³-hybridized carbons (Fsp3) is 0.200. The summed E-state index contributed by atoms with van der Waals surface area (Å²) in [6.45, 7) is 2.96. The van der Waals surface area contributed by atoms with Crippen molar-refractivity contribution in [2.45, 2.75) is 13.3 Å². The van der Waals surface area contributed by atoms with Crippen LogP contribution < -0.4 is 10.1 Å². The first-order valence-corrected chi connectivity index (χ1v) is 6.20. The van der Waals surface area contributed by atoms with E-state index in [0.717, 1.165) is 18.8 Å². The molecule has 0 bridgehead atoms. The number of nitrogens with one attached hydrogen (secondary N) is 1. The van der Waals surface area contributed by atoms with E-state index in [1.165, 1.54) is 0 Å². The third-order valence-electron chi connectivity index (χ3n) is 2.52. The Bertz CT molecular complexity index is 590. The van der Waals surface area contributed by atoms with Crippen LogP contribution in [0.25, 0.3) is 0 Å². The van der Waals surface area contributed by atoms with Crippen LogP contribution in [0.3, 0.4) is 0 Å². The number of hydrogen-bond acceptors (Lipinski definition) is 4. The molecule has 1 aromatic heterocycles. The van der Waals surface area contributed by atoms with Gasteiger partial charge >= 0.3 is 0 Å². The van der Waals surface area contributed by atoms with E-state index in [4.69, 9.17) is 10.00 Å². The molecule has 0 saturated heterocycles. The molecule has 0 amide bonds. The van der Waals surface area contributed by atoms with Crippen LogP contribution in [0.1, 0.15) is 18.9 Å². The van der Waals surface area contributed by atoms with Gasteiger partial charge < -0.3 is 10.1 Å². The van der Waals surface area contributed by atoms with Gasteiger partial charge in [0.25, 0.3) is 0 Å². The van der Waals surface area contributed by atoms with E-state index in [-0.39, 0.29) is 0 Å². The van der Waals surface area contributed by atoms with Gasteiger partial charge in [-0.2, -0.15) is 5.26 Å². The number of nitrogens with zero attached hydrogens (tertiary/aromatic N) is 2. The number of nitriles is 1. The van der Waals surface area contributed by atoms with Crippen LogP contribution in [0, 0.1) is 11.3 Å². The van der Waals surface area contributed by atoms with E-state index in [1.807, 2.05) is 18.2 Å². The first-order valence-electron chi connectivity index (χ1n) is 6.20. The summed E-state index contributed by atoms with van der Waals surface area (Å²) in [4.78, 5) is 4.20. The highest BCUT2D eigenvalue weighted by Gasteiger charge is 2.04. The molecule has 0 aliphatic rings. The molecule has 1 aromatic carbocycles. The summed E-state index contributed by atoms with van der Waals surface area (Å²) in [7, 11) is 0. The molecule has 2 rings (SSSR count). The van der Waals surface area contributed by atoms with Gasteiger partial charge in [0, 0.05) is 18.8 Å². The van der Waals surface area contributed by atoms with Crippen LogP contribution in [0.5, 0.6) is 11.5 Å². The second-order valence-electron chi connectivity index (χ2n) is 4.01. The standard InChI is InChI=1S/C15H15N3O/c1-2-8-17-15-10-13(7-9-18-15)19-14-6-4-3-5-12(14)11-16/h3-7,9-10H,2,8H2,1H3,(H,17,18). The minimum absolute atomic E-state index is 0.516. The largest absolute Gasteiger partial charge is 0.456 e. The molecular formula is C15H15N3O. The molecule has 4 nitrogen and oxygen atoms in total. The minimum Gasteiger partial charge on any atom is -0.456 e. The predicted octanol–water partition coefficient (Wildman–Crippen LogP) is 3.57. The topological polar surface area (TPSA) is 57.9 Å². The molecule has 19 heavy (non-hydrogen) atoms. The smallest absolute Gasteiger partial charge is 0.145 e. The summed E-state index contributed by atoms with van der Waals surface area (Å²) in [5.74, 6) is 1.99. The molecule has 4 heteroatoms. The highest BCUT2D eigenvalue weighted by atomic mass is 16.5. The Kier molecular flexibility index (Phi) is 4.35. The lowest BCUT2D eigenvalue weighted by Gasteiger charge is -2.09. The first kappa shape index (κ1) is 12.9. The summed E-state index contributed by atoms with van der Waals surface area (Å²) in [6, 6.07) is 12.9. The molecule has 0 aliphatic carbocycles. The summed E-state index contributed by atoms with van der Waals surface area (Å²) in [6.07, 6.45) is 2.71. The number of ether oxygens (including phenoxy) is 1. The summed E-state index contributed by atoms with van der Waals surface area (Å²) in [5.41, 5.74) is 0.516. The first-order chi connectivity index (χ1) is 9.33. The fourth-order valence-corrected chi connectivity index (χ4v) is 1.60. The lowest BCUT2D eigenvalue weighted by atomic mass is 10.2. The molecule has 1 heterocycles. The number of pyridine rings is 1. The van der Waals surface area contributed by atoms with Crippen molar-refractivity contribution >= 4 is 5.82 Å². The maximum absolute atomic E-state index is 9.01. The van der Waals surface area contributed by atoms with Crippen LogP contribution in [-0.2, 0) is 0 Å². The van der Waals surface area contributed by atoms with Crippen molar-refractivity contribution in [3.63, 3.8) is 0 Å². The minimum atomic E-state index is 0.516. The molecular weight excluding hydrogens is 238 g/mol. The number of rotatable bonds is 5. The van der Waals surface area contributed by atoms with E-state index >= 15 is 0 Å². The molecule has 0 saturated carbocycles. The molecule has 1 N–H and O–H groups in total. The molecule has 0 unspecified atom stereocenters. The Morgan fingerprint density at radius 2 is 2.16 bits per heavy atom. The van der Waals surface area contributed by atoms with Gasteiger partial charge in [0.15, 0.2) is 0 Å². The van der Waals surface area contributed by atoms with Crippen molar-refractivity contribution in [1.29, 1.82) is 5.26 Å². The lowest BCUT2D eigenvalue weighted by molar-refractivity contribution is 0.480. The number of aromatic nitrogens is 1. The molecule has 96 valence electrons. The van der Waals surface area contributed by atoms with Crippen molar-refractivity contribution < 1.29 is 4.74 Å². The van der Waals surface area contributed by atoms with Crippen LogP contribution >= 0.6 is 0 Å². The van der Waals surface area contributed by atoms with Gasteiger partial charge in [-0.05, 0) is 24.6 Å². The van der Waals surface area contributed by atoms with Crippen molar-refractivity contribution in [3.8, 4) is 17.6 Å². The Morgan fingerprint density at radius 1 is 1.32 bits per heavy atom. The van der Waals surface area contributed by atoms with Gasteiger partial charge in [-0.3, -0.25) is 0 Å². The normalized spacial score (nSPS) is 9.68. The summed E-state index contributed by atoms with van der Waals surface area (Å²) in [5, 5.41) is 12.2. The van der Waals surface area contributed by atoms with Crippen molar-refractivity contribution in [3.05, 3.63) is 48.2 Å². The Labute approximate surface area is 112 Å². The average molecular weight is 253 g/mol. The maximum Gasteiger partial charge on any atom is 0.145 e. The van der Waals surface area contributed by atoms with E-state index in [1.54, 1.807) is 24.4 Å². The molecule has 0 aliphatic heterocycles. The average Bonchev–Trinajstić information content (AvgIpc) is 2.46. The zero-order chi connectivity index (χ0) is 13.5. The molecule has 2 aromatic rings. The highest BCUT2D eigenvalue weighted by molar-refractivity contribution is 5.47. The molecule has 0 radical (unpaired) electrons. The van der Waals surface area contributed by atoms with Crippen molar-refractivity contribution in [2.24, 2.45) is 0 Å². The molecule has 0 fully saturated rings. The van der Waals surface area contributed by atoms with Gasteiger partial charge in [0.05, 0.1) is 5.56 Å². The maximum atomic E-state index is 9.01. The third-order valence-corrected chi connectivity index (χ3v) is 2.52. The van der Waals surface area contributed by atoms with Gasteiger partial charge in [0.1, 0.15) is 23.4 Å². The van der Waals surface area contributed by atoms with Crippen LogP contribution in [0.15, 0.2) is 42.6 Å². The number of hydrogen-bond donors (Lipinski definition) is 1. The van der Waals surface area contributed by atoms with E-state index in [9.17, 15) is 0 Å². The van der Waals surface area contributed by atoms with Gasteiger partial charge in [-0.15, -0.1) is 0 Å². The number of benzene rings is 1. The van der Waals surface area contributed by atoms with Gasteiger partial charge in [-0.25, -0.2) is 4.98 Å². The van der Waals surface area contributed by atoms with Crippen LogP contribution in [-0.4, -0.2) is 11.5 Å². The fourth-order valence-electron chi connectivity index (χ4n) is 1.60. The van der Waals surface area contributed by atoms with E-state index < -0.39 is 0 Å².